The summed E-state index contributed by atoms with van der Waals surface area (Å²) in [4.78, 5) is 26.7. The molecule has 1 aliphatic rings. The fraction of sp³-hybridized carbons (Fsp3) is 0.286. The number of carboxylic acids is 1. The Hall–Kier alpha value is -1.95. The van der Waals surface area contributed by atoms with Crippen LogP contribution in [0.25, 0.3) is 10.9 Å². The van der Waals surface area contributed by atoms with Gasteiger partial charge in [0.15, 0.2) is 0 Å². The van der Waals surface area contributed by atoms with Gasteiger partial charge in [0, 0.05) is 23.0 Å². The van der Waals surface area contributed by atoms with Crippen molar-refractivity contribution in [1.29, 1.82) is 0 Å². The molecular formula is C14H14N2O3S. The number of carboxylic acid groups (broad SMARTS) is 1. The minimum Gasteiger partial charge on any atom is -0.479 e. The fourth-order valence-corrected chi connectivity index (χ4v) is 3.69. The number of aromatic nitrogens is 1. The summed E-state index contributed by atoms with van der Waals surface area (Å²) in [5.74, 6) is -0.135. The van der Waals surface area contributed by atoms with Crippen LogP contribution in [0.3, 0.4) is 0 Å². The molecule has 104 valence electrons. The SMILES string of the molecule is O=C(N[C@@]1(C(=O)O)CCSC1)c1ccc2cc[nH]c2c1. The predicted octanol–water partition coefficient (Wildman–Crippen LogP) is 1.86. The molecule has 0 spiro atoms. The summed E-state index contributed by atoms with van der Waals surface area (Å²) >= 11 is 1.55. The van der Waals surface area contributed by atoms with Crippen molar-refractivity contribution < 1.29 is 14.7 Å². The molecule has 20 heavy (non-hydrogen) atoms. The maximum atomic E-state index is 12.3. The van der Waals surface area contributed by atoms with Gasteiger partial charge >= 0.3 is 5.97 Å². The van der Waals surface area contributed by atoms with Gasteiger partial charge in [0.05, 0.1) is 0 Å². The molecule has 0 bridgehead atoms. The van der Waals surface area contributed by atoms with Crippen LogP contribution in [0, 0.1) is 0 Å². The molecule has 2 heterocycles. The molecule has 0 aliphatic carbocycles. The van der Waals surface area contributed by atoms with Crippen LogP contribution in [-0.4, -0.2) is 39.0 Å². The second kappa shape index (κ2) is 4.86. The first-order chi connectivity index (χ1) is 9.61. The molecular weight excluding hydrogens is 276 g/mol. The van der Waals surface area contributed by atoms with Crippen molar-refractivity contribution in [2.24, 2.45) is 0 Å². The van der Waals surface area contributed by atoms with Crippen molar-refractivity contribution >= 4 is 34.5 Å². The van der Waals surface area contributed by atoms with Crippen molar-refractivity contribution in [3.8, 4) is 0 Å². The van der Waals surface area contributed by atoms with Crippen LogP contribution >= 0.6 is 11.8 Å². The normalized spacial score (nSPS) is 22.0. The van der Waals surface area contributed by atoms with E-state index in [0.29, 0.717) is 17.7 Å². The number of fused-ring (bicyclic) bond motifs is 1. The molecule has 0 radical (unpaired) electrons. The lowest BCUT2D eigenvalue weighted by atomic mass is 9.98. The summed E-state index contributed by atoms with van der Waals surface area (Å²) in [6.07, 6.45) is 2.27. The van der Waals surface area contributed by atoms with Gasteiger partial charge in [-0.25, -0.2) is 4.79 Å². The summed E-state index contributed by atoms with van der Waals surface area (Å²) < 4.78 is 0. The summed E-state index contributed by atoms with van der Waals surface area (Å²) in [5.41, 5.74) is 0.201. The number of aromatic amines is 1. The molecule has 3 rings (SSSR count). The molecule has 1 amide bonds. The minimum atomic E-state index is -1.13. The number of amides is 1. The van der Waals surface area contributed by atoms with Crippen molar-refractivity contribution in [3.05, 3.63) is 36.0 Å². The molecule has 0 saturated carbocycles. The highest BCUT2D eigenvalue weighted by Gasteiger charge is 2.43. The van der Waals surface area contributed by atoms with E-state index in [4.69, 9.17) is 0 Å². The van der Waals surface area contributed by atoms with Crippen LogP contribution in [-0.2, 0) is 4.79 Å². The largest absolute Gasteiger partial charge is 0.479 e. The first-order valence-corrected chi connectivity index (χ1v) is 7.47. The topological polar surface area (TPSA) is 82.2 Å². The zero-order valence-corrected chi connectivity index (χ0v) is 11.5. The maximum absolute atomic E-state index is 12.3. The van der Waals surface area contributed by atoms with Gasteiger partial charge in [-0.2, -0.15) is 11.8 Å². The molecule has 6 heteroatoms. The van der Waals surface area contributed by atoms with E-state index in [0.717, 1.165) is 16.7 Å². The second-order valence-corrected chi connectivity index (χ2v) is 6.03. The first-order valence-electron chi connectivity index (χ1n) is 6.32. The van der Waals surface area contributed by atoms with Gasteiger partial charge in [-0.1, -0.05) is 6.07 Å². The molecule has 1 fully saturated rings. The molecule has 1 aliphatic heterocycles. The van der Waals surface area contributed by atoms with E-state index >= 15 is 0 Å². The third kappa shape index (κ3) is 2.16. The van der Waals surface area contributed by atoms with Crippen molar-refractivity contribution in [2.75, 3.05) is 11.5 Å². The summed E-state index contributed by atoms with van der Waals surface area (Å²) in [6, 6.07) is 7.21. The van der Waals surface area contributed by atoms with Gasteiger partial charge in [-0.05, 0) is 35.8 Å². The lowest BCUT2D eigenvalue weighted by Gasteiger charge is -2.24. The highest BCUT2D eigenvalue weighted by Crippen LogP contribution is 2.28. The molecule has 2 aromatic rings. The van der Waals surface area contributed by atoms with E-state index in [-0.39, 0.29) is 5.91 Å². The van der Waals surface area contributed by atoms with E-state index < -0.39 is 11.5 Å². The van der Waals surface area contributed by atoms with Gasteiger partial charge in [0.25, 0.3) is 5.91 Å². The van der Waals surface area contributed by atoms with Gasteiger partial charge in [-0.15, -0.1) is 0 Å². The zero-order chi connectivity index (χ0) is 14.2. The Morgan fingerprint density at radius 2 is 2.20 bits per heavy atom. The maximum Gasteiger partial charge on any atom is 0.330 e. The lowest BCUT2D eigenvalue weighted by Crippen LogP contribution is -2.54. The standard InChI is InChI=1S/C14H14N2O3S/c17-12(16-14(13(18)19)4-6-20-8-14)10-2-1-9-3-5-15-11(9)7-10/h1-3,5,7,15H,4,6,8H2,(H,16,17)(H,18,19)/t14-/m0/s1. The highest BCUT2D eigenvalue weighted by molar-refractivity contribution is 7.99. The Morgan fingerprint density at radius 1 is 1.35 bits per heavy atom. The molecule has 1 aromatic heterocycles. The van der Waals surface area contributed by atoms with Crippen LogP contribution in [0.15, 0.2) is 30.5 Å². The van der Waals surface area contributed by atoms with Crippen LogP contribution in [0.4, 0.5) is 0 Å². The monoisotopic (exact) mass is 290 g/mol. The number of hydrogen-bond donors (Lipinski definition) is 3. The smallest absolute Gasteiger partial charge is 0.330 e. The second-order valence-electron chi connectivity index (χ2n) is 4.92. The number of H-pyrrole nitrogens is 1. The van der Waals surface area contributed by atoms with Crippen molar-refractivity contribution in [2.45, 2.75) is 12.0 Å². The highest BCUT2D eigenvalue weighted by atomic mass is 32.2. The predicted molar refractivity (Wildman–Crippen MR) is 78.1 cm³/mol. The van der Waals surface area contributed by atoms with Crippen LogP contribution in [0.1, 0.15) is 16.8 Å². The number of thioether (sulfide) groups is 1. The Kier molecular flexibility index (Phi) is 3.17. The van der Waals surface area contributed by atoms with Gasteiger partial charge in [-0.3, -0.25) is 4.79 Å². The van der Waals surface area contributed by atoms with Crippen LogP contribution < -0.4 is 5.32 Å². The van der Waals surface area contributed by atoms with Crippen molar-refractivity contribution in [3.63, 3.8) is 0 Å². The number of carbonyl (C=O) groups is 2. The molecule has 1 saturated heterocycles. The Morgan fingerprint density at radius 3 is 2.90 bits per heavy atom. The number of aliphatic carboxylic acids is 1. The number of hydrogen-bond acceptors (Lipinski definition) is 3. The van der Waals surface area contributed by atoms with Crippen LogP contribution in [0.5, 0.6) is 0 Å². The zero-order valence-electron chi connectivity index (χ0n) is 10.7. The molecule has 3 N–H and O–H groups in total. The van der Waals surface area contributed by atoms with E-state index in [1.54, 1.807) is 30.1 Å². The van der Waals surface area contributed by atoms with Gasteiger partial charge in [0.1, 0.15) is 5.54 Å². The quantitative estimate of drug-likeness (QED) is 0.806. The van der Waals surface area contributed by atoms with E-state index in [1.807, 2.05) is 12.1 Å². The average molecular weight is 290 g/mol. The molecule has 1 aromatic carbocycles. The summed E-state index contributed by atoms with van der Waals surface area (Å²) in [5, 5.41) is 13.1. The Bertz CT molecular complexity index is 674. The Balaban J connectivity index is 1.86. The van der Waals surface area contributed by atoms with E-state index in [1.165, 1.54) is 0 Å². The Labute approximate surface area is 119 Å². The molecule has 1 atom stereocenters. The third-order valence-corrected chi connectivity index (χ3v) is 4.79. The summed E-state index contributed by atoms with van der Waals surface area (Å²) in [7, 11) is 0. The first kappa shape index (κ1) is 13.1. The fourth-order valence-electron chi connectivity index (χ4n) is 2.36. The number of nitrogens with one attached hydrogen (secondary N) is 2. The third-order valence-electron chi connectivity index (χ3n) is 3.60. The number of carbonyl (C=O) groups excluding carboxylic acids is 1. The van der Waals surface area contributed by atoms with Crippen molar-refractivity contribution in [1.82, 2.24) is 10.3 Å². The van der Waals surface area contributed by atoms with Gasteiger partial charge in [0.2, 0.25) is 0 Å². The molecule has 0 unspecified atom stereocenters. The number of rotatable bonds is 3. The minimum absolute atomic E-state index is 0.341. The average Bonchev–Trinajstić information content (AvgIpc) is 3.06. The lowest BCUT2D eigenvalue weighted by molar-refractivity contribution is -0.143. The molecule has 5 nitrogen and oxygen atoms in total. The summed E-state index contributed by atoms with van der Waals surface area (Å²) in [6.45, 7) is 0. The van der Waals surface area contributed by atoms with Gasteiger partial charge < -0.3 is 15.4 Å². The number of benzene rings is 1. The van der Waals surface area contributed by atoms with E-state index in [2.05, 4.69) is 10.3 Å². The van der Waals surface area contributed by atoms with Crippen LogP contribution in [0.2, 0.25) is 0 Å². The van der Waals surface area contributed by atoms with E-state index in [9.17, 15) is 14.7 Å².